The largest absolute Gasteiger partial charge is 0.345 e. The number of carbonyl (C=O) groups excluding carboxylic acids is 2. The van der Waals surface area contributed by atoms with Gasteiger partial charge in [0.2, 0.25) is 5.91 Å². The minimum Gasteiger partial charge on any atom is -0.345 e. The lowest BCUT2D eigenvalue weighted by atomic mass is 9.93. The quantitative estimate of drug-likeness (QED) is 0.712. The molecule has 1 aliphatic rings. The lowest BCUT2D eigenvalue weighted by Crippen LogP contribution is -2.40. The number of piperidine rings is 1. The second-order valence-corrected chi connectivity index (χ2v) is 8.53. The van der Waals surface area contributed by atoms with E-state index in [0.717, 1.165) is 54.9 Å². The zero-order valence-electron chi connectivity index (χ0n) is 16.8. The molecule has 0 spiro atoms. The maximum absolute atomic E-state index is 12.7. The van der Waals surface area contributed by atoms with Crippen molar-refractivity contribution >= 4 is 23.2 Å². The highest BCUT2D eigenvalue weighted by Crippen LogP contribution is 2.25. The van der Waals surface area contributed by atoms with Crippen LogP contribution in [0.25, 0.3) is 0 Å². The third kappa shape index (κ3) is 5.41. The van der Waals surface area contributed by atoms with Crippen LogP contribution in [-0.2, 0) is 11.2 Å². The van der Waals surface area contributed by atoms with E-state index in [1.165, 1.54) is 11.3 Å². The Balaban J connectivity index is 1.44. The smallest absolute Gasteiger partial charge is 0.264 e. The number of amides is 2. The molecule has 2 aromatic heterocycles. The summed E-state index contributed by atoms with van der Waals surface area (Å²) in [7, 11) is 1.86. The number of likely N-dealkylation sites (tertiary alicyclic amines) is 1. The molecule has 5 nitrogen and oxygen atoms in total. The number of hydrogen-bond donors (Lipinski definition) is 0. The van der Waals surface area contributed by atoms with Crippen molar-refractivity contribution in [1.29, 1.82) is 0 Å². The Hall–Kier alpha value is -2.21. The van der Waals surface area contributed by atoms with E-state index in [2.05, 4.69) is 4.98 Å². The molecular formula is C22H29N3O2S. The highest BCUT2D eigenvalue weighted by molar-refractivity contribution is 7.12. The van der Waals surface area contributed by atoms with Crippen molar-refractivity contribution in [2.75, 3.05) is 26.7 Å². The van der Waals surface area contributed by atoms with E-state index in [-0.39, 0.29) is 11.8 Å². The summed E-state index contributed by atoms with van der Waals surface area (Å²) in [4.78, 5) is 34.2. The van der Waals surface area contributed by atoms with Gasteiger partial charge < -0.3 is 9.80 Å². The van der Waals surface area contributed by atoms with Gasteiger partial charge in [-0.3, -0.25) is 14.6 Å². The van der Waals surface area contributed by atoms with Gasteiger partial charge in [-0.25, -0.2) is 0 Å². The molecule has 0 bridgehead atoms. The van der Waals surface area contributed by atoms with E-state index < -0.39 is 0 Å². The summed E-state index contributed by atoms with van der Waals surface area (Å²) in [6.07, 6.45) is 6.06. The first-order valence-electron chi connectivity index (χ1n) is 10.0. The van der Waals surface area contributed by atoms with Crippen molar-refractivity contribution in [3.05, 3.63) is 52.0 Å². The van der Waals surface area contributed by atoms with Gasteiger partial charge in [0.25, 0.3) is 5.91 Å². The molecule has 0 saturated carbocycles. The zero-order valence-corrected chi connectivity index (χ0v) is 17.6. The molecule has 6 heteroatoms. The minimum atomic E-state index is 0.149. The van der Waals surface area contributed by atoms with Crippen LogP contribution in [0.15, 0.2) is 35.8 Å². The van der Waals surface area contributed by atoms with Gasteiger partial charge in [0.05, 0.1) is 4.88 Å². The van der Waals surface area contributed by atoms with Crippen LogP contribution in [0, 0.1) is 12.8 Å². The van der Waals surface area contributed by atoms with Crippen molar-refractivity contribution in [2.45, 2.75) is 39.0 Å². The van der Waals surface area contributed by atoms with Crippen LogP contribution in [0.5, 0.6) is 0 Å². The molecule has 3 rings (SSSR count). The van der Waals surface area contributed by atoms with Gasteiger partial charge in [0, 0.05) is 51.4 Å². The minimum absolute atomic E-state index is 0.149. The summed E-state index contributed by atoms with van der Waals surface area (Å²) >= 11 is 1.52. The maximum Gasteiger partial charge on any atom is 0.264 e. The average molecular weight is 400 g/mol. The molecule has 0 N–H and O–H groups in total. The number of pyridine rings is 1. The van der Waals surface area contributed by atoms with Gasteiger partial charge in [-0.05, 0) is 61.2 Å². The normalized spacial score (nSPS) is 16.8. The molecule has 1 aliphatic heterocycles. The van der Waals surface area contributed by atoms with Gasteiger partial charge in [0.1, 0.15) is 0 Å². The van der Waals surface area contributed by atoms with E-state index >= 15 is 0 Å². The Morgan fingerprint density at radius 2 is 2.18 bits per heavy atom. The van der Waals surface area contributed by atoms with Crippen LogP contribution in [0.4, 0.5) is 0 Å². The SMILES string of the molecule is Cc1ccsc1C(=O)N1CCC[C@H](CCC(=O)N(C)CCc2ccccn2)C1. The second kappa shape index (κ2) is 9.82. The zero-order chi connectivity index (χ0) is 19.9. The molecular weight excluding hydrogens is 370 g/mol. The molecule has 1 saturated heterocycles. The van der Waals surface area contributed by atoms with Crippen molar-refractivity contribution in [1.82, 2.24) is 14.8 Å². The first kappa shape index (κ1) is 20.5. The van der Waals surface area contributed by atoms with E-state index in [4.69, 9.17) is 0 Å². The fourth-order valence-corrected chi connectivity index (χ4v) is 4.58. The van der Waals surface area contributed by atoms with Crippen LogP contribution in [-0.4, -0.2) is 53.3 Å². The highest BCUT2D eigenvalue weighted by atomic mass is 32.1. The third-order valence-electron chi connectivity index (χ3n) is 5.48. The summed E-state index contributed by atoms with van der Waals surface area (Å²) in [5.74, 6) is 0.732. The molecule has 1 fully saturated rings. The van der Waals surface area contributed by atoms with E-state index in [9.17, 15) is 9.59 Å². The molecule has 0 unspecified atom stereocenters. The molecule has 3 heterocycles. The summed E-state index contributed by atoms with van der Waals surface area (Å²) in [6, 6.07) is 7.86. The summed E-state index contributed by atoms with van der Waals surface area (Å²) < 4.78 is 0. The van der Waals surface area contributed by atoms with Gasteiger partial charge >= 0.3 is 0 Å². The van der Waals surface area contributed by atoms with Crippen molar-refractivity contribution in [2.24, 2.45) is 5.92 Å². The van der Waals surface area contributed by atoms with Gasteiger partial charge in [-0.1, -0.05) is 6.07 Å². The topological polar surface area (TPSA) is 53.5 Å². The fourth-order valence-electron chi connectivity index (χ4n) is 3.69. The van der Waals surface area contributed by atoms with Crippen LogP contribution >= 0.6 is 11.3 Å². The highest BCUT2D eigenvalue weighted by Gasteiger charge is 2.26. The summed E-state index contributed by atoms with van der Waals surface area (Å²) in [5, 5.41) is 1.98. The number of likely N-dealkylation sites (N-methyl/N-ethyl adjacent to an activating group) is 1. The van der Waals surface area contributed by atoms with Gasteiger partial charge in [0.15, 0.2) is 0 Å². The number of hydrogen-bond acceptors (Lipinski definition) is 4. The van der Waals surface area contributed by atoms with E-state index in [0.29, 0.717) is 18.9 Å². The molecule has 0 radical (unpaired) electrons. The summed E-state index contributed by atoms with van der Waals surface area (Å²) in [5.41, 5.74) is 2.06. The van der Waals surface area contributed by atoms with Crippen LogP contribution in [0.3, 0.4) is 0 Å². The third-order valence-corrected chi connectivity index (χ3v) is 6.49. The fraction of sp³-hybridized carbons (Fsp3) is 0.500. The predicted octanol–water partition coefficient (Wildman–Crippen LogP) is 3.79. The lowest BCUT2D eigenvalue weighted by molar-refractivity contribution is -0.130. The Morgan fingerprint density at radius 3 is 2.89 bits per heavy atom. The number of aryl methyl sites for hydroxylation is 1. The molecule has 1 atom stereocenters. The Bertz CT molecular complexity index is 790. The molecule has 2 aromatic rings. The van der Waals surface area contributed by atoms with Crippen LogP contribution < -0.4 is 0 Å². The average Bonchev–Trinajstić information content (AvgIpc) is 3.16. The number of carbonyl (C=O) groups is 2. The first-order chi connectivity index (χ1) is 13.5. The summed E-state index contributed by atoms with van der Waals surface area (Å²) in [6.45, 7) is 4.26. The van der Waals surface area contributed by atoms with Gasteiger partial charge in [-0.2, -0.15) is 0 Å². The van der Waals surface area contributed by atoms with Crippen LogP contribution in [0.1, 0.15) is 46.6 Å². The number of nitrogens with zero attached hydrogens (tertiary/aromatic N) is 3. The monoisotopic (exact) mass is 399 g/mol. The number of rotatable bonds is 7. The predicted molar refractivity (Wildman–Crippen MR) is 112 cm³/mol. The van der Waals surface area contributed by atoms with Crippen LogP contribution in [0.2, 0.25) is 0 Å². The van der Waals surface area contributed by atoms with E-state index in [1.54, 1.807) is 11.1 Å². The number of thiophene rings is 1. The first-order valence-corrected chi connectivity index (χ1v) is 10.9. The maximum atomic E-state index is 12.7. The van der Waals surface area contributed by atoms with Crippen molar-refractivity contribution < 1.29 is 9.59 Å². The Morgan fingerprint density at radius 1 is 1.32 bits per heavy atom. The van der Waals surface area contributed by atoms with Crippen molar-refractivity contribution in [3.8, 4) is 0 Å². The Kier molecular flexibility index (Phi) is 7.20. The second-order valence-electron chi connectivity index (χ2n) is 7.62. The van der Waals surface area contributed by atoms with E-state index in [1.807, 2.05) is 48.5 Å². The Labute approximate surface area is 171 Å². The molecule has 150 valence electrons. The molecule has 0 aliphatic carbocycles. The lowest BCUT2D eigenvalue weighted by Gasteiger charge is -2.33. The van der Waals surface area contributed by atoms with Crippen molar-refractivity contribution in [3.63, 3.8) is 0 Å². The molecule has 28 heavy (non-hydrogen) atoms. The molecule has 0 aromatic carbocycles. The van der Waals surface area contributed by atoms with Gasteiger partial charge in [-0.15, -0.1) is 11.3 Å². The molecule has 2 amide bonds. The number of aromatic nitrogens is 1. The standard InChI is InChI=1S/C22H29N3O2S/c1-17-11-15-28-21(17)22(27)25-13-5-6-18(16-25)8-9-20(26)24(2)14-10-19-7-3-4-12-23-19/h3-4,7,11-12,15,18H,5-6,8-10,13-14,16H2,1-2H3/t18-/m1/s1.